The summed E-state index contributed by atoms with van der Waals surface area (Å²) in [6.45, 7) is 2.17. The number of thioether (sulfide) groups is 1. The fraction of sp³-hybridized carbons (Fsp3) is 0.455. The average Bonchev–Trinajstić information content (AvgIpc) is 2.27. The van der Waals surface area contributed by atoms with Crippen LogP contribution in [0.1, 0.15) is 18.9 Å². The first-order valence-corrected chi connectivity index (χ1v) is 6.14. The molecular formula is C11H15NO3S. The number of hydrogen-bond donors (Lipinski definition) is 1. The molecule has 0 heterocycles. The lowest BCUT2D eigenvalue weighted by Crippen LogP contribution is -2.01. The van der Waals surface area contributed by atoms with E-state index in [4.69, 9.17) is 5.11 Å². The summed E-state index contributed by atoms with van der Waals surface area (Å²) in [5.74, 6) is 0.609. The van der Waals surface area contributed by atoms with Crippen LogP contribution in [0.5, 0.6) is 0 Å². The number of nitrogens with zero attached hydrogens (tertiary/aromatic N) is 1. The monoisotopic (exact) mass is 241 g/mol. The molecule has 1 atom stereocenters. The first kappa shape index (κ1) is 13.0. The van der Waals surface area contributed by atoms with Gasteiger partial charge in [-0.25, -0.2) is 0 Å². The van der Waals surface area contributed by atoms with Gasteiger partial charge in [0, 0.05) is 29.2 Å². The Hall–Kier alpha value is -1.07. The third-order valence-electron chi connectivity index (χ3n) is 2.25. The lowest BCUT2D eigenvalue weighted by molar-refractivity contribution is -0.385. The van der Waals surface area contributed by atoms with Gasteiger partial charge in [-0.05, 0) is 6.42 Å². The topological polar surface area (TPSA) is 63.4 Å². The highest BCUT2D eigenvalue weighted by Gasteiger charge is 2.13. The van der Waals surface area contributed by atoms with Crippen LogP contribution in [0.2, 0.25) is 0 Å². The Bertz CT molecular complexity index is 357. The fourth-order valence-electron chi connectivity index (χ4n) is 1.31. The molecule has 0 saturated heterocycles. The van der Waals surface area contributed by atoms with E-state index in [0.717, 1.165) is 5.56 Å². The number of aliphatic hydroxyl groups is 1. The van der Waals surface area contributed by atoms with Gasteiger partial charge in [-0.1, -0.05) is 25.1 Å². The predicted molar refractivity (Wildman–Crippen MR) is 65.6 cm³/mol. The Labute approximate surface area is 98.8 Å². The molecule has 5 heteroatoms. The quantitative estimate of drug-likeness (QED) is 0.614. The number of hydrogen-bond acceptors (Lipinski definition) is 4. The van der Waals surface area contributed by atoms with E-state index in [2.05, 4.69) is 0 Å². The van der Waals surface area contributed by atoms with Crippen molar-refractivity contribution in [3.63, 3.8) is 0 Å². The molecule has 0 radical (unpaired) electrons. The maximum Gasteiger partial charge on any atom is 0.273 e. The second-order valence-electron chi connectivity index (χ2n) is 3.52. The number of para-hydroxylation sites is 1. The molecule has 0 saturated carbocycles. The number of aliphatic hydroxyl groups excluding tert-OH is 1. The van der Waals surface area contributed by atoms with E-state index in [1.54, 1.807) is 30.0 Å². The summed E-state index contributed by atoms with van der Waals surface area (Å²) in [6.07, 6.45) is 0.714. The first-order chi connectivity index (χ1) is 7.65. The molecule has 1 aromatic carbocycles. The SMILES string of the molecule is CC(CCO)SCc1ccccc1[N+](=O)[O-]. The zero-order chi connectivity index (χ0) is 12.0. The molecule has 1 rings (SSSR count). The second-order valence-corrected chi connectivity index (χ2v) is 4.95. The first-order valence-electron chi connectivity index (χ1n) is 5.10. The molecule has 4 nitrogen and oxygen atoms in total. The summed E-state index contributed by atoms with van der Waals surface area (Å²) >= 11 is 1.62. The summed E-state index contributed by atoms with van der Waals surface area (Å²) in [4.78, 5) is 10.4. The molecule has 0 aliphatic heterocycles. The van der Waals surface area contributed by atoms with Gasteiger partial charge in [0.25, 0.3) is 5.69 Å². The number of nitro benzene ring substituents is 1. The van der Waals surface area contributed by atoms with Crippen LogP contribution in [0.4, 0.5) is 5.69 Å². The maximum absolute atomic E-state index is 10.7. The molecule has 0 bridgehead atoms. The van der Waals surface area contributed by atoms with Crippen LogP contribution < -0.4 is 0 Å². The molecule has 1 N–H and O–H groups in total. The lowest BCUT2D eigenvalue weighted by atomic mass is 10.2. The molecule has 1 aromatic rings. The molecular weight excluding hydrogens is 226 g/mol. The van der Waals surface area contributed by atoms with Gasteiger partial charge < -0.3 is 5.11 Å². The van der Waals surface area contributed by atoms with Gasteiger partial charge in [0.2, 0.25) is 0 Å². The fourth-order valence-corrected chi connectivity index (χ4v) is 2.29. The molecule has 16 heavy (non-hydrogen) atoms. The number of benzene rings is 1. The van der Waals surface area contributed by atoms with E-state index in [9.17, 15) is 10.1 Å². The maximum atomic E-state index is 10.7. The smallest absolute Gasteiger partial charge is 0.273 e. The van der Waals surface area contributed by atoms with E-state index in [1.807, 2.05) is 6.92 Å². The summed E-state index contributed by atoms with van der Waals surface area (Å²) < 4.78 is 0. The standard InChI is InChI=1S/C11H15NO3S/c1-9(6-7-13)16-8-10-4-2-3-5-11(10)12(14)15/h2-5,9,13H,6-8H2,1H3. The highest BCUT2D eigenvalue weighted by atomic mass is 32.2. The van der Waals surface area contributed by atoms with Crippen molar-refractivity contribution in [2.24, 2.45) is 0 Å². The minimum Gasteiger partial charge on any atom is -0.396 e. The number of rotatable bonds is 6. The average molecular weight is 241 g/mol. The summed E-state index contributed by atoms with van der Waals surface area (Å²) in [6, 6.07) is 6.77. The van der Waals surface area contributed by atoms with Crippen molar-refractivity contribution in [1.82, 2.24) is 0 Å². The van der Waals surface area contributed by atoms with Crippen molar-refractivity contribution in [1.29, 1.82) is 0 Å². The molecule has 1 unspecified atom stereocenters. The van der Waals surface area contributed by atoms with Crippen LogP contribution in [0.15, 0.2) is 24.3 Å². The Morgan fingerprint density at radius 1 is 1.50 bits per heavy atom. The normalized spacial score (nSPS) is 12.4. The van der Waals surface area contributed by atoms with Gasteiger partial charge in [-0.3, -0.25) is 10.1 Å². The van der Waals surface area contributed by atoms with Crippen molar-refractivity contribution < 1.29 is 10.0 Å². The summed E-state index contributed by atoms with van der Waals surface area (Å²) in [7, 11) is 0. The molecule has 0 aliphatic rings. The van der Waals surface area contributed by atoms with Crippen molar-refractivity contribution in [3.05, 3.63) is 39.9 Å². The van der Waals surface area contributed by atoms with Gasteiger partial charge in [-0.2, -0.15) is 11.8 Å². The molecule has 88 valence electrons. The summed E-state index contributed by atoms with van der Waals surface area (Å²) in [5.41, 5.74) is 0.911. The Kier molecular flexibility index (Phi) is 5.28. The Morgan fingerprint density at radius 3 is 2.81 bits per heavy atom. The van der Waals surface area contributed by atoms with Crippen LogP contribution in [0.3, 0.4) is 0 Å². The van der Waals surface area contributed by atoms with E-state index in [-0.39, 0.29) is 17.2 Å². The van der Waals surface area contributed by atoms with E-state index >= 15 is 0 Å². The largest absolute Gasteiger partial charge is 0.396 e. The van der Waals surface area contributed by atoms with E-state index in [1.165, 1.54) is 6.07 Å². The van der Waals surface area contributed by atoms with Crippen molar-refractivity contribution in [3.8, 4) is 0 Å². The zero-order valence-corrected chi connectivity index (χ0v) is 9.94. The van der Waals surface area contributed by atoms with Gasteiger partial charge in [-0.15, -0.1) is 0 Å². The van der Waals surface area contributed by atoms with Gasteiger partial charge >= 0.3 is 0 Å². The minimum atomic E-state index is -0.355. The molecule has 0 amide bonds. The molecule has 0 aliphatic carbocycles. The molecule has 0 aromatic heterocycles. The second kappa shape index (κ2) is 6.50. The highest BCUT2D eigenvalue weighted by Crippen LogP contribution is 2.25. The van der Waals surface area contributed by atoms with Gasteiger partial charge in [0.1, 0.15) is 0 Å². The van der Waals surface area contributed by atoms with E-state index < -0.39 is 0 Å². The van der Waals surface area contributed by atoms with Crippen LogP contribution >= 0.6 is 11.8 Å². The number of nitro groups is 1. The lowest BCUT2D eigenvalue weighted by Gasteiger charge is -2.09. The highest BCUT2D eigenvalue weighted by molar-refractivity contribution is 7.99. The van der Waals surface area contributed by atoms with Gasteiger partial charge in [0.05, 0.1) is 4.92 Å². The minimum absolute atomic E-state index is 0.158. The third kappa shape index (κ3) is 3.83. The van der Waals surface area contributed by atoms with Crippen LogP contribution in [0, 0.1) is 10.1 Å². The third-order valence-corrected chi connectivity index (χ3v) is 3.53. The van der Waals surface area contributed by atoms with Crippen molar-refractivity contribution in [2.75, 3.05) is 6.61 Å². The van der Waals surface area contributed by atoms with Crippen LogP contribution in [-0.4, -0.2) is 21.9 Å². The van der Waals surface area contributed by atoms with Gasteiger partial charge in [0.15, 0.2) is 0 Å². The van der Waals surface area contributed by atoms with Crippen LogP contribution in [-0.2, 0) is 5.75 Å². The molecule has 0 fully saturated rings. The van der Waals surface area contributed by atoms with Crippen LogP contribution in [0.25, 0.3) is 0 Å². The van der Waals surface area contributed by atoms with E-state index in [0.29, 0.717) is 17.4 Å². The summed E-state index contributed by atoms with van der Waals surface area (Å²) in [5, 5.41) is 19.8. The Balaban J connectivity index is 2.63. The Morgan fingerprint density at radius 2 is 2.19 bits per heavy atom. The zero-order valence-electron chi connectivity index (χ0n) is 9.13. The molecule has 0 spiro atoms. The van der Waals surface area contributed by atoms with Crippen molar-refractivity contribution >= 4 is 17.4 Å². The predicted octanol–water partition coefficient (Wildman–Crippen LogP) is 2.60. The van der Waals surface area contributed by atoms with Crippen molar-refractivity contribution in [2.45, 2.75) is 24.3 Å².